The van der Waals surface area contributed by atoms with Crippen LogP contribution in [0, 0.1) is 0 Å². The molecule has 2 unspecified atom stereocenters. The van der Waals surface area contributed by atoms with Gasteiger partial charge in [-0.15, -0.1) is 0 Å². The number of aliphatic hydroxyl groups is 2. The number of hydrogen-bond acceptors (Lipinski definition) is 3. The zero-order valence-corrected chi connectivity index (χ0v) is 28.0. The molecule has 0 saturated carbocycles. The van der Waals surface area contributed by atoms with Gasteiger partial charge in [-0.05, 0) is 25.7 Å². The summed E-state index contributed by atoms with van der Waals surface area (Å²) in [5.41, 5.74) is 0. The number of rotatable bonds is 32. The van der Waals surface area contributed by atoms with E-state index >= 15 is 0 Å². The maximum absolute atomic E-state index is 12.5. The van der Waals surface area contributed by atoms with Crippen molar-refractivity contribution in [1.82, 2.24) is 10.6 Å². The summed E-state index contributed by atoms with van der Waals surface area (Å²) in [5, 5.41) is 27.6. The minimum absolute atomic E-state index is 0.217. The number of amides is 2. The van der Waals surface area contributed by atoms with Crippen LogP contribution in [0.4, 0.5) is 4.79 Å². The maximum Gasteiger partial charge on any atom is 0.315 e. The molecule has 0 saturated heterocycles. The number of carbonyl (C=O) groups is 1. The molecule has 0 aliphatic rings. The largest absolute Gasteiger partial charge is 0.393 e. The van der Waals surface area contributed by atoms with Gasteiger partial charge >= 0.3 is 6.03 Å². The molecule has 0 aromatic carbocycles. The van der Waals surface area contributed by atoms with E-state index in [1.165, 1.54) is 116 Å². The third-order valence-corrected chi connectivity index (χ3v) is 8.62. The van der Waals surface area contributed by atoms with E-state index in [1.54, 1.807) is 0 Å². The summed E-state index contributed by atoms with van der Waals surface area (Å²) in [6, 6.07) is -0.613. The van der Waals surface area contributed by atoms with E-state index in [1.807, 2.05) is 0 Å². The van der Waals surface area contributed by atoms with Crippen LogP contribution in [-0.2, 0) is 0 Å². The van der Waals surface area contributed by atoms with Crippen LogP contribution in [0.25, 0.3) is 0 Å². The lowest BCUT2D eigenvalue weighted by atomic mass is 9.95. The molecule has 41 heavy (non-hydrogen) atoms. The molecule has 5 heteroatoms. The van der Waals surface area contributed by atoms with E-state index in [4.69, 9.17) is 0 Å². The van der Waals surface area contributed by atoms with Gasteiger partial charge in [-0.1, -0.05) is 175 Å². The first-order chi connectivity index (χ1) is 20.0. The first-order valence-corrected chi connectivity index (χ1v) is 18.5. The number of nitrogens with one attached hydrogen (secondary N) is 2. The van der Waals surface area contributed by atoms with E-state index in [9.17, 15) is 15.0 Å². The second kappa shape index (κ2) is 32.1. The van der Waals surface area contributed by atoms with Crippen LogP contribution in [-0.4, -0.2) is 41.0 Å². The molecule has 0 aliphatic heterocycles. The molecular formula is C36H74N2O3. The van der Waals surface area contributed by atoms with Crippen LogP contribution in [0.3, 0.4) is 0 Å². The van der Waals surface area contributed by atoms with Gasteiger partial charge in [-0.25, -0.2) is 4.79 Å². The van der Waals surface area contributed by atoms with Gasteiger partial charge < -0.3 is 20.8 Å². The Morgan fingerprint density at radius 1 is 0.512 bits per heavy atom. The monoisotopic (exact) mass is 583 g/mol. The molecule has 0 heterocycles. The van der Waals surface area contributed by atoms with Gasteiger partial charge in [0, 0.05) is 6.54 Å². The zero-order chi connectivity index (χ0) is 30.2. The lowest BCUT2D eigenvalue weighted by molar-refractivity contribution is 0.0726. The van der Waals surface area contributed by atoms with E-state index in [-0.39, 0.29) is 6.03 Å². The molecule has 5 nitrogen and oxygen atoms in total. The molecule has 0 spiro atoms. The van der Waals surface area contributed by atoms with Crippen LogP contribution >= 0.6 is 0 Å². The topological polar surface area (TPSA) is 81.6 Å². The van der Waals surface area contributed by atoms with E-state index in [2.05, 4.69) is 31.4 Å². The average Bonchev–Trinajstić information content (AvgIpc) is 2.96. The Labute approximate surface area is 256 Å². The molecule has 0 aromatic rings. The highest BCUT2D eigenvalue weighted by molar-refractivity contribution is 5.74. The lowest BCUT2D eigenvalue weighted by Crippen LogP contribution is -2.49. The summed E-state index contributed by atoms with van der Waals surface area (Å²) < 4.78 is 0. The van der Waals surface area contributed by atoms with Crippen molar-refractivity contribution in [3.63, 3.8) is 0 Å². The van der Waals surface area contributed by atoms with E-state index in [0.29, 0.717) is 19.4 Å². The number of carbonyl (C=O) groups excluding carboxylic acids is 1. The average molecular weight is 583 g/mol. The third kappa shape index (κ3) is 29.1. The van der Waals surface area contributed by atoms with Crippen molar-refractivity contribution >= 4 is 6.03 Å². The zero-order valence-electron chi connectivity index (χ0n) is 28.0. The number of aliphatic hydroxyl groups excluding tert-OH is 2. The van der Waals surface area contributed by atoms with Crippen LogP contribution in [0.2, 0.25) is 0 Å². The quantitative estimate of drug-likeness (QED) is 0.0595. The Kier molecular flexibility index (Phi) is 31.5. The fourth-order valence-corrected chi connectivity index (χ4v) is 5.78. The highest BCUT2D eigenvalue weighted by Crippen LogP contribution is 2.18. The standard InChI is InChI=1S/C36H74N2O3/c1-4-7-10-12-14-16-18-20-22-24-26-29-33(39)32-34(38-36(41)37-31-28-9-6-3)35(40)30-27-25-23-21-19-17-15-13-11-8-5-2/h33-35,39-40H,4-32H2,1-3H3,(H2,37,38,41)/t33?,34-,35?/m0/s1. The molecule has 0 aliphatic carbocycles. The van der Waals surface area contributed by atoms with Crippen molar-refractivity contribution in [3.05, 3.63) is 0 Å². The van der Waals surface area contributed by atoms with Gasteiger partial charge in [0.1, 0.15) is 0 Å². The van der Waals surface area contributed by atoms with Crippen LogP contribution in [0.15, 0.2) is 0 Å². The number of urea groups is 1. The van der Waals surface area contributed by atoms with Crippen LogP contribution in [0.1, 0.15) is 201 Å². The Morgan fingerprint density at radius 2 is 0.878 bits per heavy atom. The molecule has 0 radical (unpaired) electrons. The Hall–Kier alpha value is -0.810. The Bertz CT molecular complexity index is 531. The summed E-state index contributed by atoms with van der Waals surface area (Å²) in [6.07, 6.45) is 32.3. The molecule has 2 amide bonds. The van der Waals surface area contributed by atoms with Crippen molar-refractivity contribution in [2.75, 3.05) is 6.54 Å². The molecule has 0 fully saturated rings. The predicted molar refractivity (Wildman–Crippen MR) is 179 cm³/mol. The van der Waals surface area contributed by atoms with Crippen molar-refractivity contribution in [1.29, 1.82) is 0 Å². The highest BCUT2D eigenvalue weighted by atomic mass is 16.3. The molecule has 0 bridgehead atoms. The molecular weight excluding hydrogens is 508 g/mol. The SMILES string of the molecule is CCCCCCCCCCCCCC(O)C[C@H](NC(=O)NCCCCC)C(O)CCCCCCCCCCCCC. The predicted octanol–water partition coefficient (Wildman–Crippen LogP) is 10.4. The highest BCUT2D eigenvalue weighted by Gasteiger charge is 2.24. The Balaban J connectivity index is 4.24. The fraction of sp³-hybridized carbons (Fsp3) is 0.972. The van der Waals surface area contributed by atoms with Gasteiger partial charge in [0.25, 0.3) is 0 Å². The van der Waals surface area contributed by atoms with Gasteiger partial charge in [0.05, 0.1) is 18.2 Å². The van der Waals surface area contributed by atoms with Crippen LogP contribution < -0.4 is 10.6 Å². The lowest BCUT2D eigenvalue weighted by Gasteiger charge is -2.26. The summed E-state index contributed by atoms with van der Waals surface area (Å²) in [6.45, 7) is 7.34. The van der Waals surface area contributed by atoms with Gasteiger partial charge in [-0.2, -0.15) is 0 Å². The molecule has 246 valence electrons. The first-order valence-electron chi connectivity index (χ1n) is 18.5. The molecule has 0 aromatic heterocycles. The second-order valence-corrected chi connectivity index (χ2v) is 12.8. The minimum atomic E-state index is -0.609. The van der Waals surface area contributed by atoms with Crippen LogP contribution in [0.5, 0.6) is 0 Å². The fourth-order valence-electron chi connectivity index (χ4n) is 5.78. The van der Waals surface area contributed by atoms with Gasteiger partial charge in [-0.3, -0.25) is 0 Å². The molecule has 4 N–H and O–H groups in total. The van der Waals surface area contributed by atoms with Gasteiger partial charge in [0.2, 0.25) is 0 Å². The first kappa shape index (κ1) is 40.2. The summed E-state index contributed by atoms with van der Waals surface area (Å²) >= 11 is 0. The molecule has 3 atom stereocenters. The normalized spacial score (nSPS) is 13.7. The van der Waals surface area contributed by atoms with Crippen molar-refractivity contribution < 1.29 is 15.0 Å². The summed E-state index contributed by atoms with van der Waals surface area (Å²) in [5.74, 6) is 0. The van der Waals surface area contributed by atoms with E-state index in [0.717, 1.165) is 51.4 Å². The van der Waals surface area contributed by atoms with Crippen molar-refractivity contribution in [3.8, 4) is 0 Å². The summed E-state index contributed by atoms with van der Waals surface area (Å²) in [4.78, 5) is 12.5. The number of unbranched alkanes of at least 4 members (excludes halogenated alkanes) is 22. The van der Waals surface area contributed by atoms with E-state index < -0.39 is 18.2 Å². The van der Waals surface area contributed by atoms with Gasteiger partial charge in [0.15, 0.2) is 0 Å². The number of hydrogen-bond donors (Lipinski definition) is 4. The van der Waals surface area contributed by atoms with Crippen molar-refractivity contribution in [2.45, 2.75) is 219 Å². The Morgan fingerprint density at radius 3 is 1.32 bits per heavy atom. The smallest absolute Gasteiger partial charge is 0.315 e. The summed E-state index contributed by atoms with van der Waals surface area (Å²) in [7, 11) is 0. The maximum atomic E-state index is 12.5. The third-order valence-electron chi connectivity index (χ3n) is 8.62. The van der Waals surface area contributed by atoms with Crippen molar-refractivity contribution in [2.24, 2.45) is 0 Å². The molecule has 0 rings (SSSR count). The second-order valence-electron chi connectivity index (χ2n) is 12.8. The minimum Gasteiger partial charge on any atom is -0.393 e.